The van der Waals surface area contributed by atoms with Crippen LogP contribution in [0.5, 0.6) is 17.2 Å². The summed E-state index contributed by atoms with van der Waals surface area (Å²) < 4.78 is 19.2. The van der Waals surface area contributed by atoms with E-state index in [1.807, 2.05) is 141 Å². The van der Waals surface area contributed by atoms with Crippen molar-refractivity contribution in [2.24, 2.45) is 5.92 Å². The molecule has 3 saturated heterocycles. The second-order valence-electron chi connectivity index (χ2n) is 36.1. The third-order valence-electron chi connectivity index (χ3n) is 25.6. The van der Waals surface area contributed by atoms with Gasteiger partial charge in [-0.2, -0.15) is 0 Å². The third-order valence-corrected chi connectivity index (χ3v) is 28.4. The molecule has 0 spiro atoms. The summed E-state index contributed by atoms with van der Waals surface area (Å²) in [6.07, 6.45) is 24.8. The molecule has 0 atom stereocenters. The van der Waals surface area contributed by atoms with Gasteiger partial charge >= 0.3 is 12.1 Å². The Kier molecular flexibility index (Phi) is 34.0. The first kappa shape index (κ1) is 98.4. The van der Waals surface area contributed by atoms with Gasteiger partial charge in [-0.3, -0.25) is 44.5 Å². The van der Waals surface area contributed by atoms with Crippen LogP contribution in [-0.4, -0.2) is 133 Å². The van der Waals surface area contributed by atoms with Crippen LogP contribution in [0.25, 0.3) is 49.8 Å². The topological polar surface area (TPSA) is 267 Å². The Morgan fingerprint density at radius 2 is 0.827 bits per heavy atom. The number of anilines is 6. The molecule has 8 amide bonds. The lowest BCUT2D eigenvalue weighted by Gasteiger charge is -2.26. The van der Waals surface area contributed by atoms with Crippen LogP contribution in [0.2, 0.25) is 0 Å². The van der Waals surface area contributed by atoms with Crippen molar-refractivity contribution in [1.29, 1.82) is 0 Å². The van der Waals surface area contributed by atoms with E-state index in [9.17, 15) is 28.8 Å². The minimum atomic E-state index is -0.217. The van der Waals surface area contributed by atoms with Gasteiger partial charge in [0, 0.05) is 152 Å². The zero-order chi connectivity index (χ0) is 96.5. The molecule has 18 rings (SSSR count). The van der Waals surface area contributed by atoms with Crippen LogP contribution < -0.4 is 52.0 Å². The highest BCUT2D eigenvalue weighted by molar-refractivity contribution is 8.01. The van der Waals surface area contributed by atoms with E-state index in [4.69, 9.17) is 9.47 Å². The monoisotopic (exact) mass is 1920 g/mol. The second-order valence-corrected chi connectivity index (χ2v) is 39.4. The Bertz CT molecular complexity index is 6380. The minimum absolute atomic E-state index is 0.0180. The number of rotatable bonds is 33. The van der Waals surface area contributed by atoms with Crippen molar-refractivity contribution in [2.45, 2.75) is 179 Å². The average Bonchev–Trinajstić information content (AvgIpc) is 1.64. The number of hydrogen-bond acceptors (Lipinski definition) is 16. The van der Waals surface area contributed by atoms with Crippen molar-refractivity contribution < 1.29 is 38.2 Å². The second kappa shape index (κ2) is 48.1. The van der Waals surface area contributed by atoms with Gasteiger partial charge in [0.15, 0.2) is 21.8 Å². The summed E-state index contributed by atoms with van der Waals surface area (Å²) in [5, 5.41) is 30.4. The van der Waals surface area contributed by atoms with Crippen molar-refractivity contribution in [3.8, 4) is 34.3 Å². The Morgan fingerprint density at radius 1 is 0.424 bits per heavy atom. The van der Waals surface area contributed by atoms with Crippen LogP contribution in [0, 0.1) is 5.92 Å². The molecule has 0 bridgehead atoms. The molecule has 0 aliphatic carbocycles. The molecule has 8 heterocycles. The fraction of sp³-hybridized carbons (Fsp3) is 0.304. The Labute approximate surface area is 826 Å². The largest absolute Gasteiger partial charge is 0.493 e. The maximum absolute atomic E-state index is 13.2. The average molecular weight is 1920 g/mol. The fourth-order valence-electron chi connectivity index (χ4n) is 18.0. The van der Waals surface area contributed by atoms with Crippen LogP contribution in [0.15, 0.2) is 276 Å². The van der Waals surface area contributed by atoms with E-state index in [2.05, 4.69) is 200 Å². The van der Waals surface area contributed by atoms with Crippen molar-refractivity contribution >= 4 is 136 Å². The smallest absolute Gasteiger partial charge is 0.319 e. The number of carbonyl (C=O) groups is 6. The van der Waals surface area contributed by atoms with Gasteiger partial charge in [-0.1, -0.05) is 151 Å². The standard InChI is InChI=1S/C39H42N4O4.C37H42N6O2S.C36H40N6O2S2/c1-27(2)23-38(44)40-30-13-18-33(19-14-30)47-36-20-15-31(24-37(36)46-3)41-39(45)28-11-16-32(17-12-28)43-26-29(25-42-21-7-4-8-22-42)34-9-5-6-10-35(34)43;1-3-29(4-2)38-36(45)39-30-16-12-26(13-17-30)22-31-25-46-37(40-31)41-35(44)27-14-18-32(19-15-27)43-24-28(23-42-20-8-5-9-21-42)33-10-6-7-11-34(33)43;1-3-27(4-2)38-35(44)39-28-14-18-30(19-15-28)45-33-22-37-36(46-33)40-34(43)25-12-16-29(17-13-25)42-24-26(23-41-20-8-5-9-21-41)31-10-6-7-11-32(31)42/h5-6,9-20,24,26-27H,4,7-8,21-23,25H2,1-3H3,(H,40,44)(H,41,45);6-7,10-19,24-25,29H,3-5,8-9,20-23H2,1-2H3,(H2,38,39,45)(H,40,41,44);6-7,10-19,22,24,27H,3-5,8-9,20-21,23H2,1-2H3,(H,37,40,43)(H2,38,39,44). The van der Waals surface area contributed by atoms with E-state index in [1.165, 1.54) is 124 Å². The number of methoxy groups -OCH3 is 1. The van der Waals surface area contributed by atoms with Crippen molar-refractivity contribution in [2.75, 3.05) is 78.3 Å². The van der Waals surface area contributed by atoms with Crippen molar-refractivity contribution in [3.05, 3.63) is 311 Å². The number of carbonyl (C=O) groups excluding carboxylic acids is 6. The first-order valence-corrected chi connectivity index (χ1v) is 51.2. The number of urea groups is 2. The van der Waals surface area contributed by atoms with E-state index in [1.54, 1.807) is 67.5 Å². The molecule has 718 valence electrons. The SMILES string of the molecule is CCC(CC)NC(=O)Nc1ccc(Cc2csc(NC(=O)c3ccc(-n4cc(CN5CCCCC5)c5ccccc54)cc3)n2)cc1.CCC(CC)NC(=O)Nc1ccc(Sc2cnc(NC(=O)c3ccc(-n4cc(CN5CCCCC5)c5ccccc54)cc3)s2)cc1.COc1cc(NC(=O)c2ccc(-n3cc(CN4CCCCC4)c4ccccc43)cc2)ccc1Oc1ccc(NC(=O)CC(C)C)cc1. The van der Waals surface area contributed by atoms with Crippen LogP contribution >= 0.6 is 34.4 Å². The summed E-state index contributed by atoms with van der Waals surface area (Å²) in [6.45, 7) is 22.1. The first-order valence-electron chi connectivity index (χ1n) is 48.7. The van der Waals surface area contributed by atoms with Crippen LogP contribution in [0.3, 0.4) is 0 Å². The predicted molar refractivity (Wildman–Crippen MR) is 566 cm³/mol. The molecule has 3 aliphatic rings. The van der Waals surface area contributed by atoms with Gasteiger partial charge in [0.1, 0.15) is 5.75 Å². The lowest BCUT2D eigenvalue weighted by Crippen LogP contribution is -2.37. The number of para-hydroxylation sites is 3. The molecule has 10 aromatic carbocycles. The number of thiazole rings is 2. The van der Waals surface area contributed by atoms with Crippen LogP contribution in [-0.2, 0) is 30.8 Å². The van der Waals surface area contributed by atoms with E-state index < -0.39 is 0 Å². The summed E-state index contributed by atoms with van der Waals surface area (Å²) in [4.78, 5) is 93.7. The maximum Gasteiger partial charge on any atom is 0.319 e. The molecular weight excluding hydrogens is 1790 g/mol. The molecule has 3 aliphatic heterocycles. The Morgan fingerprint density at radius 3 is 1.26 bits per heavy atom. The summed E-state index contributed by atoms with van der Waals surface area (Å²) in [5.74, 6) is 1.26. The highest BCUT2D eigenvalue weighted by Crippen LogP contribution is 2.39. The lowest BCUT2D eigenvalue weighted by molar-refractivity contribution is -0.116. The summed E-state index contributed by atoms with van der Waals surface area (Å²) in [6, 6.07) is 76.7. The van der Waals surface area contributed by atoms with Gasteiger partial charge in [0.05, 0.1) is 39.8 Å². The van der Waals surface area contributed by atoms with Gasteiger partial charge in [-0.05, 0) is 295 Å². The number of benzene rings is 10. The molecule has 5 aromatic heterocycles. The lowest BCUT2D eigenvalue weighted by atomic mass is 10.1. The number of piperidine rings is 3. The number of aromatic nitrogens is 5. The van der Waals surface area contributed by atoms with E-state index >= 15 is 0 Å². The fourth-order valence-corrected chi connectivity index (χ4v) is 20.5. The molecule has 139 heavy (non-hydrogen) atoms. The van der Waals surface area contributed by atoms with Gasteiger partial charge < -0.3 is 55.1 Å². The van der Waals surface area contributed by atoms with E-state index in [0.717, 1.165) is 139 Å². The first-order chi connectivity index (χ1) is 67.8. The number of hydrogen-bond donors (Lipinski definition) is 8. The Hall–Kier alpha value is -13.7. The number of likely N-dealkylation sites (tertiary alicyclic amines) is 3. The molecule has 15 aromatic rings. The van der Waals surface area contributed by atoms with Gasteiger partial charge in [0.25, 0.3) is 17.7 Å². The third kappa shape index (κ3) is 26.6. The molecule has 3 fully saturated rings. The van der Waals surface area contributed by atoms with Gasteiger partial charge in [-0.25, -0.2) is 19.6 Å². The van der Waals surface area contributed by atoms with Crippen molar-refractivity contribution in [1.82, 2.24) is 49.0 Å². The van der Waals surface area contributed by atoms with Gasteiger partial charge in [-0.15, -0.1) is 11.3 Å². The zero-order valence-corrected chi connectivity index (χ0v) is 82.6. The molecule has 0 unspecified atom stereocenters. The summed E-state index contributed by atoms with van der Waals surface area (Å²) in [5.41, 5.74) is 17.0. The highest BCUT2D eigenvalue weighted by Gasteiger charge is 2.24. The molecule has 8 N–H and O–H groups in total. The number of fused-ring (bicyclic) bond motifs is 3. The number of ether oxygens (including phenoxy) is 2. The van der Waals surface area contributed by atoms with E-state index in [-0.39, 0.29) is 53.7 Å². The van der Waals surface area contributed by atoms with Crippen LogP contribution in [0.4, 0.5) is 42.6 Å². The van der Waals surface area contributed by atoms with Gasteiger partial charge in [0.2, 0.25) is 5.91 Å². The number of nitrogens with one attached hydrogen (secondary N) is 8. The van der Waals surface area contributed by atoms with E-state index in [0.29, 0.717) is 68.4 Å². The number of nitrogens with zero attached hydrogens (tertiary/aromatic N) is 8. The van der Waals surface area contributed by atoms with Crippen LogP contribution in [0.1, 0.15) is 190 Å². The molecule has 0 saturated carbocycles. The quantitative estimate of drug-likeness (QED) is 0.0190. The Balaban J connectivity index is 0.000000151. The number of amides is 8. The summed E-state index contributed by atoms with van der Waals surface area (Å²) in [7, 11) is 1.56. The predicted octanol–water partition coefficient (Wildman–Crippen LogP) is 25.7. The van der Waals surface area contributed by atoms with Crippen molar-refractivity contribution in [3.63, 3.8) is 0 Å². The zero-order valence-electron chi connectivity index (χ0n) is 80.2. The molecule has 24 nitrogen and oxygen atoms in total. The molecular formula is C112H124N16O8S3. The normalized spacial score (nSPS) is 13.6. The minimum Gasteiger partial charge on any atom is -0.493 e. The summed E-state index contributed by atoms with van der Waals surface area (Å²) >= 11 is 4.40. The maximum atomic E-state index is 13.2. The molecule has 0 radical (unpaired) electrons. The highest BCUT2D eigenvalue weighted by atomic mass is 32.2. The molecule has 27 heteroatoms.